The highest BCUT2D eigenvalue weighted by molar-refractivity contribution is 5.21. The molecule has 0 radical (unpaired) electrons. The first-order chi connectivity index (χ1) is 7.03. The first-order valence-corrected chi connectivity index (χ1v) is 5.52. The molecule has 0 bridgehead atoms. The molecule has 2 nitrogen and oxygen atoms in total. The van der Waals surface area contributed by atoms with E-state index in [1.807, 2.05) is 34.6 Å². The molecule has 1 heterocycles. The van der Waals surface area contributed by atoms with Gasteiger partial charge in [0.2, 0.25) is 0 Å². The summed E-state index contributed by atoms with van der Waals surface area (Å²) < 4.78 is 28.1. The van der Waals surface area contributed by atoms with Gasteiger partial charge in [-0.1, -0.05) is 20.8 Å². The van der Waals surface area contributed by atoms with Crippen LogP contribution in [0.2, 0.25) is 0 Å². The van der Waals surface area contributed by atoms with E-state index < -0.39 is 5.92 Å². The highest BCUT2D eigenvalue weighted by Crippen LogP contribution is 2.32. The van der Waals surface area contributed by atoms with Crippen LogP contribution in [0.3, 0.4) is 0 Å². The molecule has 0 fully saturated rings. The molecule has 16 heavy (non-hydrogen) atoms. The van der Waals surface area contributed by atoms with Crippen LogP contribution in [0.1, 0.15) is 59.0 Å². The van der Waals surface area contributed by atoms with Crippen molar-refractivity contribution in [2.75, 3.05) is 0 Å². The lowest BCUT2D eigenvalue weighted by Gasteiger charge is -2.22. The van der Waals surface area contributed by atoms with Crippen LogP contribution in [-0.4, -0.2) is 9.78 Å². The molecule has 1 aromatic heterocycles. The fourth-order valence-corrected chi connectivity index (χ4v) is 1.56. The van der Waals surface area contributed by atoms with E-state index in [4.69, 9.17) is 0 Å². The van der Waals surface area contributed by atoms with Gasteiger partial charge < -0.3 is 0 Å². The lowest BCUT2D eigenvalue weighted by molar-refractivity contribution is 0.0120. The number of aromatic nitrogens is 2. The van der Waals surface area contributed by atoms with Crippen LogP contribution < -0.4 is 0 Å². The van der Waals surface area contributed by atoms with E-state index in [0.29, 0.717) is 0 Å². The minimum atomic E-state index is -2.87. The standard InChI is InChI=1S/C12H20F2N2/c1-8(2)16-10(11(3,4)5)7-9(15-16)12(6,13)14/h7-8H,1-6H3. The second-order valence-corrected chi connectivity index (χ2v) is 5.59. The maximum atomic E-state index is 13.2. The molecule has 1 rings (SSSR count). The molecule has 0 aliphatic heterocycles. The van der Waals surface area contributed by atoms with E-state index in [-0.39, 0.29) is 17.2 Å². The summed E-state index contributed by atoms with van der Waals surface area (Å²) in [5, 5.41) is 4.01. The molecule has 0 N–H and O–H groups in total. The van der Waals surface area contributed by atoms with Crippen LogP contribution in [0.15, 0.2) is 6.07 Å². The Bertz CT molecular complexity index is 367. The summed E-state index contributed by atoms with van der Waals surface area (Å²) in [6.07, 6.45) is 0. The lowest BCUT2D eigenvalue weighted by Crippen LogP contribution is -2.19. The Kier molecular flexibility index (Phi) is 3.14. The number of rotatable bonds is 2. The van der Waals surface area contributed by atoms with Gasteiger partial charge in [0.1, 0.15) is 5.69 Å². The highest BCUT2D eigenvalue weighted by atomic mass is 19.3. The molecule has 0 amide bonds. The lowest BCUT2D eigenvalue weighted by atomic mass is 9.91. The van der Waals surface area contributed by atoms with Crippen molar-refractivity contribution in [2.24, 2.45) is 0 Å². The van der Waals surface area contributed by atoms with Crippen LogP contribution in [0.25, 0.3) is 0 Å². The number of halogens is 2. The van der Waals surface area contributed by atoms with Crippen LogP contribution >= 0.6 is 0 Å². The van der Waals surface area contributed by atoms with E-state index in [2.05, 4.69) is 5.10 Å². The zero-order valence-corrected chi connectivity index (χ0v) is 10.8. The van der Waals surface area contributed by atoms with Crippen molar-refractivity contribution in [1.29, 1.82) is 0 Å². The Morgan fingerprint density at radius 3 is 1.94 bits per heavy atom. The minimum absolute atomic E-state index is 0.0883. The molecule has 92 valence electrons. The van der Waals surface area contributed by atoms with Crippen LogP contribution in [0, 0.1) is 0 Å². The molecule has 0 atom stereocenters. The third-order valence-corrected chi connectivity index (χ3v) is 2.44. The Hall–Kier alpha value is -0.930. The monoisotopic (exact) mass is 230 g/mol. The predicted octanol–water partition coefficient (Wildman–Crippen LogP) is 3.87. The molecule has 0 aliphatic rings. The fraction of sp³-hybridized carbons (Fsp3) is 0.750. The smallest absolute Gasteiger partial charge is 0.266 e. The highest BCUT2D eigenvalue weighted by Gasteiger charge is 2.32. The van der Waals surface area contributed by atoms with Gasteiger partial charge in [0, 0.05) is 24.1 Å². The van der Waals surface area contributed by atoms with Gasteiger partial charge in [-0.3, -0.25) is 4.68 Å². The van der Waals surface area contributed by atoms with Gasteiger partial charge in [0.15, 0.2) is 0 Å². The molecular formula is C12H20F2N2. The number of hydrogen-bond acceptors (Lipinski definition) is 1. The van der Waals surface area contributed by atoms with Gasteiger partial charge >= 0.3 is 0 Å². The van der Waals surface area contributed by atoms with Gasteiger partial charge in [-0.25, -0.2) is 0 Å². The van der Waals surface area contributed by atoms with Gasteiger partial charge in [-0.2, -0.15) is 13.9 Å². The van der Waals surface area contributed by atoms with Crippen LogP contribution in [-0.2, 0) is 11.3 Å². The maximum absolute atomic E-state index is 13.2. The molecule has 0 unspecified atom stereocenters. The van der Waals surface area contributed by atoms with E-state index in [1.54, 1.807) is 4.68 Å². The normalized spacial score (nSPS) is 13.6. The Morgan fingerprint density at radius 1 is 1.19 bits per heavy atom. The number of nitrogens with zero attached hydrogens (tertiary/aromatic N) is 2. The van der Waals surface area contributed by atoms with Crippen LogP contribution in [0.4, 0.5) is 8.78 Å². The molecule has 0 aliphatic carbocycles. The molecule has 0 aromatic carbocycles. The van der Waals surface area contributed by atoms with Crippen molar-refractivity contribution in [1.82, 2.24) is 9.78 Å². The van der Waals surface area contributed by atoms with Crippen molar-refractivity contribution in [3.8, 4) is 0 Å². The summed E-state index contributed by atoms with van der Waals surface area (Å²) in [5.41, 5.74) is 0.519. The fourth-order valence-electron chi connectivity index (χ4n) is 1.56. The minimum Gasteiger partial charge on any atom is -0.266 e. The molecule has 0 saturated carbocycles. The van der Waals surface area contributed by atoms with Crippen molar-refractivity contribution < 1.29 is 8.78 Å². The van der Waals surface area contributed by atoms with Crippen molar-refractivity contribution in [3.63, 3.8) is 0 Å². The second kappa shape index (κ2) is 3.82. The third-order valence-electron chi connectivity index (χ3n) is 2.44. The second-order valence-electron chi connectivity index (χ2n) is 5.59. The van der Waals surface area contributed by atoms with Crippen molar-refractivity contribution in [3.05, 3.63) is 17.5 Å². The summed E-state index contributed by atoms with van der Waals surface area (Å²) >= 11 is 0. The van der Waals surface area contributed by atoms with E-state index >= 15 is 0 Å². The van der Waals surface area contributed by atoms with Crippen molar-refractivity contribution >= 4 is 0 Å². The SMILES string of the molecule is CC(C)n1nc(C(C)(F)F)cc1C(C)(C)C. The topological polar surface area (TPSA) is 17.8 Å². The summed E-state index contributed by atoms with van der Waals surface area (Å²) in [6, 6.07) is 1.60. The van der Waals surface area contributed by atoms with Gasteiger partial charge in [0.25, 0.3) is 5.92 Å². The quantitative estimate of drug-likeness (QED) is 0.754. The molecular weight excluding hydrogens is 210 g/mol. The Labute approximate surface area is 95.7 Å². The number of hydrogen-bond donors (Lipinski definition) is 0. The van der Waals surface area contributed by atoms with Crippen molar-refractivity contribution in [2.45, 2.75) is 58.9 Å². The average Bonchev–Trinajstić information content (AvgIpc) is 2.44. The Morgan fingerprint density at radius 2 is 1.69 bits per heavy atom. The zero-order valence-electron chi connectivity index (χ0n) is 10.8. The van der Waals surface area contributed by atoms with E-state index in [9.17, 15) is 8.78 Å². The van der Waals surface area contributed by atoms with E-state index in [1.165, 1.54) is 6.07 Å². The summed E-state index contributed by atoms with van der Waals surface area (Å²) in [4.78, 5) is 0. The number of alkyl halides is 2. The van der Waals surface area contributed by atoms with Gasteiger partial charge in [-0.15, -0.1) is 0 Å². The van der Waals surface area contributed by atoms with Gasteiger partial charge in [0.05, 0.1) is 0 Å². The zero-order chi connectivity index (χ0) is 12.7. The average molecular weight is 230 g/mol. The molecule has 0 saturated heterocycles. The third kappa shape index (κ3) is 2.60. The Balaban J connectivity index is 3.32. The van der Waals surface area contributed by atoms with Crippen LogP contribution in [0.5, 0.6) is 0 Å². The summed E-state index contributed by atoms with van der Waals surface area (Å²) in [6.45, 7) is 10.8. The largest absolute Gasteiger partial charge is 0.288 e. The first-order valence-electron chi connectivity index (χ1n) is 5.52. The van der Waals surface area contributed by atoms with Gasteiger partial charge in [-0.05, 0) is 19.9 Å². The summed E-state index contributed by atoms with van der Waals surface area (Å²) in [5.74, 6) is -2.87. The molecule has 0 spiro atoms. The first kappa shape index (κ1) is 13.1. The van der Waals surface area contributed by atoms with E-state index in [0.717, 1.165) is 12.6 Å². The molecule has 1 aromatic rings. The predicted molar refractivity (Wildman–Crippen MR) is 60.9 cm³/mol. The summed E-state index contributed by atoms with van der Waals surface area (Å²) in [7, 11) is 0. The maximum Gasteiger partial charge on any atom is 0.288 e. The molecule has 4 heteroatoms.